The van der Waals surface area contributed by atoms with Crippen molar-refractivity contribution in [2.45, 2.75) is 38.6 Å². The highest BCUT2D eigenvalue weighted by atomic mass is 35.5. The van der Waals surface area contributed by atoms with Crippen LogP contribution in [0.2, 0.25) is 5.02 Å². The molecule has 1 aromatic heterocycles. The van der Waals surface area contributed by atoms with Gasteiger partial charge >= 0.3 is 0 Å². The van der Waals surface area contributed by atoms with E-state index in [1.54, 1.807) is 6.92 Å². The zero-order valence-electron chi connectivity index (χ0n) is 20.6. The van der Waals surface area contributed by atoms with Crippen molar-refractivity contribution < 1.29 is 4.79 Å². The summed E-state index contributed by atoms with van der Waals surface area (Å²) in [6, 6.07) is 22.1. The molecule has 7 heteroatoms. The van der Waals surface area contributed by atoms with Crippen LogP contribution in [-0.4, -0.2) is 40.0 Å². The molecule has 3 aromatic carbocycles. The maximum Gasteiger partial charge on any atom is 0.221 e. The van der Waals surface area contributed by atoms with E-state index in [1.807, 2.05) is 54.6 Å². The average Bonchev–Trinajstić information content (AvgIpc) is 3.22. The number of nitrogens with two attached hydrogens (primary N) is 1. The first-order valence-corrected chi connectivity index (χ1v) is 13.0. The molecule has 1 saturated heterocycles. The number of nitrogen functional groups attached to an aromatic ring is 1. The molecule has 0 atom stereocenters. The number of carbonyl (C=O) groups is 1. The third-order valence-electron chi connectivity index (χ3n) is 7.00. The molecule has 4 aromatic rings. The number of benzene rings is 3. The highest BCUT2D eigenvalue weighted by molar-refractivity contribution is 6.30. The lowest BCUT2D eigenvalue weighted by molar-refractivity contribution is -0.114. The van der Waals surface area contributed by atoms with Crippen LogP contribution in [0.25, 0.3) is 22.4 Å². The Bertz CT molecular complexity index is 1360. The third kappa shape index (κ3) is 5.55. The molecule has 1 fully saturated rings. The molecule has 0 spiro atoms. The summed E-state index contributed by atoms with van der Waals surface area (Å²) in [7, 11) is 0. The largest absolute Gasteiger partial charge is 0.399 e. The van der Waals surface area contributed by atoms with Crippen molar-refractivity contribution in [1.29, 1.82) is 0 Å². The monoisotopic (exact) mass is 501 g/mol. The molecule has 6 nitrogen and oxygen atoms in total. The van der Waals surface area contributed by atoms with Gasteiger partial charge in [0.2, 0.25) is 5.91 Å². The molecule has 0 saturated carbocycles. The molecule has 1 amide bonds. The van der Waals surface area contributed by atoms with Gasteiger partial charge < -0.3 is 20.5 Å². The van der Waals surface area contributed by atoms with E-state index in [4.69, 9.17) is 22.3 Å². The fraction of sp³-hybridized carbons (Fsp3) is 0.310. The minimum atomic E-state index is -0.0328. The van der Waals surface area contributed by atoms with Crippen LogP contribution in [0.5, 0.6) is 0 Å². The highest BCUT2D eigenvalue weighted by Gasteiger charge is 2.21. The Morgan fingerprint density at radius 1 is 1.06 bits per heavy atom. The second-order valence-corrected chi connectivity index (χ2v) is 10.1. The first kappa shape index (κ1) is 24.3. The number of rotatable bonds is 7. The van der Waals surface area contributed by atoms with Gasteiger partial charge in [0.15, 0.2) is 0 Å². The van der Waals surface area contributed by atoms with E-state index in [2.05, 4.69) is 26.9 Å². The number of amides is 1. The van der Waals surface area contributed by atoms with Crippen LogP contribution in [0.3, 0.4) is 0 Å². The van der Waals surface area contributed by atoms with Gasteiger partial charge in [0, 0.05) is 35.4 Å². The van der Waals surface area contributed by atoms with Crippen molar-refractivity contribution in [3.8, 4) is 11.4 Å². The Hall–Kier alpha value is -3.35. The van der Waals surface area contributed by atoms with E-state index >= 15 is 0 Å². The highest BCUT2D eigenvalue weighted by Crippen LogP contribution is 2.31. The lowest BCUT2D eigenvalue weighted by Gasteiger charge is -2.32. The van der Waals surface area contributed by atoms with Crippen molar-refractivity contribution in [3.05, 3.63) is 77.3 Å². The normalized spacial score (nSPS) is 14.8. The standard InChI is InChI=1S/C29H32ClN5O/c1-20(36)32-26-5-2-4-23(18-26)21-12-16-34(17-13-21)14-3-15-35-28-19-25(31)10-11-27(28)33-29(35)22-6-8-24(30)9-7-22/h2,4-11,18-19,21H,3,12-17,31H2,1H3,(H,32,36). The van der Waals surface area contributed by atoms with Crippen molar-refractivity contribution in [1.82, 2.24) is 14.5 Å². The number of aryl methyl sites for hydroxylation is 1. The Morgan fingerprint density at radius 2 is 1.83 bits per heavy atom. The third-order valence-corrected chi connectivity index (χ3v) is 7.25. The quantitative estimate of drug-likeness (QED) is 0.297. The van der Waals surface area contributed by atoms with Crippen LogP contribution in [0.15, 0.2) is 66.7 Å². The van der Waals surface area contributed by atoms with Gasteiger partial charge in [-0.05, 0) is 105 Å². The summed E-state index contributed by atoms with van der Waals surface area (Å²) in [5.74, 6) is 1.45. The van der Waals surface area contributed by atoms with E-state index in [0.29, 0.717) is 5.92 Å². The van der Waals surface area contributed by atoms with Crippen molar-refractivity contribution >= 4 is 39.9 Å². The van der Waals surface area contributed by atoms with E-state index in [9.17, 15) is 4.79 Å². The number of carbonyl (C=O) groups excluding carboxylic acids is 1. The number of fused-ring (bicyclic) bond motifs is 1. The first-order chi connectivity index (χ1) is 17.5. The van der Waals surface area contributed by atoms with Gasteiger partial charge in [-0.25, -0.2) is 4.98 Å². The Morgan fingerprint density at radius 3 is 2.58 bits per heavy atom. The van der Waals surface area contributed by atoms with Crippen molar-refractivity contribution in [3.63, 3.8) is 0 Å². The smallest absolute Gasteiger partial charge is 0.221 e. The van der Waals surface area contributed by atoms with Gasteiger partial charge in [0.25, 0.3) is 0 Å². The minimum Gasteiger partial charge on any atom is -0.399 e. The van der Waals surface area contributed by atoms with Gasteiger partial charge in [-0.3, -0.25) is 4.79 Å². The molecule has 1 aliphatic heterocycles. The lowest BCUT2D eigenvalue weighted by atomic mass is 9.89. The molecule has 0 aliphatic carbocycles. The molecular formula is C29H32ClN5O. The van der Waals surface area contributed by atoms with E-state index < -0.39 is 0 Å². The Balaban J connectivity index is 1.23. The maximum atomic E-state index is 11.4. The van der Waals surface area contributed by atoms with Gasteiger partial charge in [-0.1, -0.05) is 23.7 Å². The lowest BCUT2D eigenvalue weighted by Crippen LogP contribution is -2.34. The summed E-state index contributed by atoms with van der Waals surface area (Å²) in [6.07, 6.45) is 3.29. The van der Waals surface area contributed by atoms with E-state index in [0.717, 1.165) is 84.3 Å². The zero-order valence-corrected chi connectivity index (χ0v) is 21.3. The van der Waals surface area contributed by atoms with Gasteiger partial charge in [-0.2, -0.15) is 0 Å². The summed E-state index contributed by atoms with van der Waals surface area (Å²) >= 11 is 6.12. The van der Waals surface area contributed by atoms with Crippen LogP contribution in [0.4, 0.5) is 11.4 Å². The number of hydrogen-bond donors (Lipinski definition) is 2. The number of likely N-dealkylation sites (tertiary alicyclic amines) is 1. The van der Waals surface area contributed by atoms with Crippen molar-refractivity contribution in [2.75, 3.05) is 30.7 Å². The van der Waals surface area contributed by atoms with Crippen molar-refractivity contribution in [2.24, 2.45) is 0 Å². The molecule has 0 radical (unpaired) electrons. The van der Waals surface area contributed by atoms with Crippen LogP contribution >= 0.6 is 11.6 Å². The number of aromatic nitrogens is 2. The zero-order chi connectivity index (χ0) is 25.1. The topological polar surface area (TPSA) is 76.2 Å². The van der Waals surface area contributed by atoms with Gasteiger partial charge in [-0.15, -0.1) is 0 Å². The fourth-order valence-corrected chi connectivity index (χ4v) is 5.33. The summed E-state index contributed by atoms with van der Waals surface area (Å²) < 4.78 is 2.29. The fourth-order valence-electron chi connectivity index (χ4n) is 5.20. The maximum absolute atomic E-state index is 11.4. The van der Waals surface area contributed by atoms with E-state index in [-0.39, 0.29) is 5.91 Å². The number of piperidine rings is 1. The molecule has 0 unspecified atom stereocenters. The second kappa shape index (κ2) is 10.7. The average molecular weight is 502 g/mol. The van der Waals surface area contributed by atoms with Gasteiger partial charge in [0.05, 0.1) is 11.0 Å². The number of halogens is 1. The molecule has 36 heavy (non-hydrogen) atoms. The second-order valence-electron chi connectivity index (χ2n) is 9.62. The summed E-state index contributed by atoms with van der Waals surface area (Å²) in [5.41, 5.74) is 12.1. The summed E-state index contributed by atoms with van der Waals surface area (Å²) in [5, 5.41) is 3.62. The molecule has 186 valence electrons. The molecule has 5 rings (SSSR count). The van der Waals surface area contributed by atoms with Crippen LogP contribution in [0, 0.1) is 0 Å². The summed E-state index contributed by atoms with van der Waals surface area (Å²) in [6.45, 7) is 5.62. The predicted octanol–water partition coefficient (Wildman–Crippen LogP) is 6.17. The molecule has 2 heterocycles. The number of anilines is 2. The predicted molar refractivity (Wildman–Crippen MR) is 148 cm³/mol. The van der Waals surface area contributed by atoms with Gasteiger partial charge in [0.1, 0.15) is 5.82 Å². The first-order valence-electron chi connectivity index (χ1n) is 12.6. The molecule has 0 bridgehead atoms. The number of imidazole rings is 1. The number of hydrogen-bond acceptors (Lipinski definition) is 4. The summed E-state index contributed by atoms with van der Waals surface area (Å²) in [4.78, 5) is 18.9. The molecular weight excluding hydrogens is 470 g/mol. The Kier molecular flexibility index (Phi) is 7.25. The number of nitrogens with one attached hydrogen (secondary N) is 1. The SMILES string of the molecule is CC(=O)Nc1cccc(C2CCN(CCCn3c(-c4ccc(Cl)cc4)nc4ccc(N)cc43)CC2)c1. The van der Waals surface area contributed by atoms with Crippen LogP contribution in [-0.2, 0) is 11.3 Å². The Labute approximate surface area is 217 Å². The van der Waals surface area contributed by atoms with E-state index in [1.165, 1.54) is 5.56 Å². The van der Waals surface area contributed by atoms with Crippen LogP contribution < -0.4 is 11.1 Å². The number of nitrogens with zero attached hydrogens (tertiary/aromatic N) is 3. The minimum absolute atomic E-state index is 0.0328. The molecule has 1 aliphatic rings. The van der Waals surface area contributed by atoms with Crippen LogP contribution in [0.1, 0.15) is 37.7 Å². The molecule has 3 N–H and O–H groups in total.